The van der Waals surface area contributed by atoms with Crippen LogP contribution in [0, 0.1) is 0 Å². The van der Waals surface area contributed by atoms with E-state index in [-0.39, 0.29) is 22.8 Å². The zero-order chi connectivity index (χ0) is 34.8. The van der Waals surface area contributed by atoms with Crippen LogP contribution in [0.25, 0.3) is 0 Å². The first-order valence-corrected chi connectivity index (χ1v) is 19.1. The summed E-state index contributed by atoms with van der Waals surface area (Å²) in [5.41, 5.74) is 1.97. The summed E-state index contributed by atoms with van der Waals surface area (Å²) in [6, 6.07) is 26.0. The normalized spacial score (nSPS) is 12.7. The Kier molecular flexibility index (Phi) is 10.9. The van der Waals surface area contributed by atoms with E-state index in [1.165, 1.54) is 0 Å². The quantitative estimate of drug-likeness (QED) is 0.140. The van der Waals surface area contributed by atoms with E-state index in [0.717, 1.165) is 32.2 Å². The van der Waals surface area contributed by atoms with Crippen molar-refractivity contribution >= 4 is 32.0 Å². The first-order chi connectivity index (χ1) is 21.7. The Labute approximate surface area is 283 Å². The fourth-order valence-electron chi connectivity index (χ4n) is 5.27. The lowest BCUT2D eigenvalue weighted by Crippen LogP contribution is -2.22. The van der Waals surface area contributed by atoms with Crippen molar-refractivity contribution in [3.63, 3.8) is 0 Å². The number of hydrogen-bond acceptors (Lipinski definition) is 7. The van der Waals surface area contributed by atoms with Crippen molar-refractivity contribution in [1.82, 2.24) is 0 Å². The molecule has 0 radical (unpaired) electrons. The molecule has 0 saturated carbocycles. The van der Waals surface area contributed by atoms with Crippen molar-refractivity contribution in [2.45, 2.75) is 86.7 Å². The summed E-state index contributed by atoms with van der Waals surface area (Å²) in [6.07, 6.45) is 0.0984. The van der Waals surface area contributed by atoms with Crippen LogP contribution >= 0.6 is 11.8 Å². The molecule has 0 aliphatic heterocycles. The second-order valence-corrected chi connectivity index (χ2v) is 17.4. The fraction of sp³-hybridized carbons (Fsp3) is 0.333. The van der Waals surface area contributed by atoms with Crippen LogP contribution in [-0.4, -0.2) is 32.0 Å². The van der Waals surface area contributed by atoms with Crippen LogP contribution < -0.4 is 9.47 Å². The molecule has 0 atom stereocenters. The molecular formula is C36H42O8S3. The topological polar surface area (TPSA) is 127 Å². The second kappa shape index (κ2) is 14.0. The molecule has 4 aromatic rings. The average Bonchev–Trinajstić information content (AvgIpc) is 2.93. The summed E-state index contributed by atoms with van der Waals surface area (Å²) in [5.74, 6) is 0.391. The zero-order valence-electron chi connectivity index (χ0n) is 27.6. The van der Waals surface area contributed by atoms with Crippen LogP contribution in [0.5, 0.6) is 17.2 Å². The third kappa shape index (κ3) is 10.3. The van der Waals surface area contributed by atoms with Gasteiger partial charge in [-0.2, -0.15) is 16.8 Å². The van der Waals surface area contributed by atoms with Crippen LogP contribution in [0.1, 0.15) is 76.3 Å². The Morgan fingerprint density at radius 1 is 0.660 bits per heavy atom. The standard InChI is InChI=1S/C36H42O8S3/c1-24(2)43-29-10-14-31(15-11-29)45-32-16-12-30(13-17-32)44-34-19-9-28(21-26(34)23-47(40,41)42)36(6,7)27-8-18-33(35(3,4)5)25(20-27)22-46(37,38)39/h8-21,24H,22-23H2,1-7H3,(H,37,38,39)(H,40,41,42). The zero-order valence-corrected chi connectivity index (χ0v) is 30.1. The van der Waals surface area contributed by atoms with Gasteiger partial charge in [0, 0.05) is 20.8 Å². The number of rotatable bonds is 12. The minimum atomic E-state index is -4.41. The van der Waals surface area contributed by atoms with Gasteiger partial charge in [-0.1, -0.05) is 76.7 Å². The molecule has 2 N–H and O–H groups in total. The molecule has 0 spiro atoms. The Hall–Kier alpha value is -3.35. The first-order valence-electron chi connectivity index (χ1n) is 15.1. The molecule has 0 unspecified atom stereocenters. The van der Waals surface area contributed by atoms with Gasteiger partial charge in [0.25, 0.3) is 20.2 Å². The molecule has 0 aliphatic rings. The number of ether oxygens (including phenoxy) is 2. The molecule has 4 rings (SSSR count). The summed E-state index contributed by atoms with van der Waals surface area (Å²) in [5, 5.41) is 0. The summed E-state index contributed by atoms with van der Waals surface area (Å²) in [4.78, 5) is 2.03. The van der Waals surface area contributed by atoms with E-state index in [0.29, 0.717) is 11.3 Å². The van der Waals surface area contributed by atoms with Crippen LogP contribution in [0.15, 0.2) is 94.7 Å². The third-order valence-electron chi connectivity index (χ3n) is 7.58. The molecule has 47 heavy (non-hydrogen) atoms. The Balaban J connectivity index is 1.62. The Morgan fingerprint density at radius 3 is 1.62 bits per heavy atom. The van der Waals surface area contributed by atoms with E-state index in [1.807, 2.05) is 103 Å². The van der Waals surface area contributed by atoms with Crippen LogP contribution in [-0.2, 0) is 42.6 Å². The monoisotopic (exact) mass is 698 g/mol. The van der Waals surface area contributed by atoms with Gasteiger partial charge in [0.2, 0.25) is 0 Å². The fourth-order valence-corrected chi connectivity index (χ4v) is 7.34. The molecule has 252 valence electrons. The Bertz CT molecular complexity index is 1920. The maximum absolute atomic E-state index is 12.0. The molecule has 0 aliphatic carbocycles. The lowest BCUT2D eigenvalue weighted by Gasteiger charge is -2.30. The van der Waals surface area contributed by atoms with Gasteiger partial charge in [0.15, 0.2) is 0 Å². The highest BCUT2D eigenvalue weighted by molar-refractivity contribution is 7.99. The first kappa shape index (κ1) is 36.5. The van der Waals surface area contributed by atoms with Crippen LogP contribution in [0.3, 0.4) is 0 Å². The minimum absolute atomic E-state index is 0.0984. The van der Waals surface area contributed by atoms with E-state index in [1.54, 1.807) is 42.1 Å². The van der Waals surface area contributed by atoms with E-state index in [2.05, 4.69) is 0 Å². The predicted octanol–water partition coefficient (Wildman–Crippen LogP) is 8.82. The molecule has 0 aromatic heterocycles. The largest absolute Gasteiger partial charge is 0.491 e. The lowest BCUT2D eigenvalue weighted by molar-refractivity contribution is 0.242. The molecule has 0 saturated heterocycles. The molecule has 0 fully saturated rings. The highest BCUT2D eigenvalue weighted by atomic mass is 32.2. The number of benzene rings is 4. The van der Waals surface area contributed by atoms with Gasteiger partial charge in [-0.25, -0.2) is 0 Å². The second-order valence-electron chi connectivity index (χ2n) is 13.3. The summed E-state index contributed by atoms with van der Waals surface area (Å²) in [6.45, 7) is 13.7. The molecule has 11 heteroatoms. The lowest BCUT2D eigenvalue weighted by atomic mass is 9.75. The van der Waals surface area contributed by atoms with Gasteiger partial charge >= 0.3 is 0 Å². The van der Waals surface area contributed by atoms with Gasteiger partial charge in [0.1, 0.15) is 28.8 Å². The smallest absolute Gasteiger partial charge is 0.269 e. The third-order valence-corrected chi connectivity index (χ3v) is 9.94. The van der Waals surface area contributed by atoms with Gasteiger partial charge in [0.05, 0.1) is 6.10 Å². The van der Waals surface area contributed by atoms with Crippen LogP contribution in [0.4, 0.5) is 0 Å². The molecule has 8 nitrogen and oxygen atoms in total. The van der Waals surface area contributed by atoms with Crippen molar-refractivity contribution in [3.8, 4) is 17.2 Å². The van der Waals surface area contributed by atoms with E-state index in [4.69, 9.17) is 9.47 Å². The molecule has 0 amide bonds. The summed E-state index contributed by atoms with van der Waals surface area (Å²) in [7, 11) is -8.70. The van der Waals surface area contributed by atoms with E-state index in [9.17, 15) is 25.9 Å². The van der Waals surface area contributed by atoms with Crippen molar-refractivity contribution in [2.24, 2.45) is 0 Å². The summed E-state index contributed by atoms with van der Waals surface area (Å²) < 4.78 is 79.1. The highest BCUT2D eigenvalue weighted by Crippen LogP contribution is 2.39. The minimum Gasteiger partial charge on any atom is -0.491 e. The highest BCUT2D eigenvalue weighted by Gasteiger charge is 2.28. The van der Waals surface area contributed by atoms with Gasteiger partial charge in [-0.05, 0) is 96.1 Å². The van der Waals surface area contributed by atoms with Crippen molar-refractivity contribution < 1.29 is 35.4 Å². The molecule has 0 heterocycles. The van der Waals surface area contributed by atoms with Crippen LogP contribution in [0.2, 0.25) is 0 Å². The molecule has 4 aromatic carbocycles. The maximum Gasteiger partial charge on any atom is 0.269 e. The van der Waals surface area contributed by atoms with Crippen molar-refractivity contribution in [3.05, 3.63) is 113 Å². The SMILES string of the molecule is CC(C)Oc1ccc(Sc2ccc(Oc3ccc(C(C)(C)c4ccc(C(C)(C)C)c(CS(=O)(=O)O)c4)cc3CS(=O)(=O)O)cc2)cc1. The molecular weight excluding hydrogens is 657 g/mol. The van der Waals surface area contributed by atoms with Crippen molar-refractivity contribution in [1.29, 1.82) is 0 Å². The van der Waals surface area contributed by atoms with Gasteiger partial charge < -0.3 is 9.47 Å². The van der Waals surface area contributed by atoms with E-state index < -0.39 is 37.2 Å². The predicted molar refractivity (Wildman–Crippen MR) is 187 cm³/mol. The van der Waals surface area contributed by atoms with Gasteiger partial charge in [-0.15, -0.1) is 0 Å². The average molecular weight is 699 g/mol. The van der Waals surface area contributed by atoms with Crippen molar-refractivity contribution in [2.75, 3.05) is 0 Å². The number of hydrogen-bond donors (Lipinski definition) is 2. The van der Waals surface area contributed by atoms with Gasteiger partial charge in [-0.3, -0.25) is 9.11 Å². The maximum atomic E-state index is 12.0. The molecule has 0 bridgehead atoms. The van der Waals surface area contributed by atoms with E-state index >= 15 is 0 Å². The summed E-state index contributed by atoms with van der Waals surface area (Å²) >= 11 is 1.58. The Morgan fingerprint density at radius 2 is 1.13 bits per heavy atom.